The van der Waals surface area contributed by atoms with Crippen LogP contribution < -0.4 is 0 Å². The molecule has 8 heteroatoms. The number of allylic oxidation sites excluding steroid dienone is 2. The van der Waals surface area contributed by atoms with Crippen LogP contribution in [0.2, 0.25) is 0 Å². The summed E-state index contributed by atoms with van der Waals surface area (Å²) in [6, 6.07) is 26.6. The Hall–Kier alpha value is -3.71. The van der Waals surface area contributed by atoms with E-state index in [9.17, 15) is 9.90 Å². The molecule has 1 N–H and O–H groups in total. The van der Waals surface area contributed by atoms with E-state index in [2.05, 4.69) is 83.0 Å². The largest absolute Gasteiger partial charge is 0.512 e. The second-order valence-corrected chi connectivity index (χ2v) is 14.4. The number of carbonyl (C=O) groups is 1. The Labute approximate surface area is 308 Å². The van der Waals surface area contributed by atoms with Crippen LogP contribution in [0.1, 0.15) is 92.6 Å². The predicted octanol–water partition coefficient (Wildman–Crippen LogP) is 11.4. The van der Waals surface area contributed by atoms with Gasteiger partial charge in [-0.05, 0) is 37.7 Å². The van der Waals surface area contributed by atoms with E-state index in [4.69, 9.17) is 4.98 Å². The Balaban J connectivity index is 0.000000260. The number of fused-ring (bicyclic) bond motifs is 4. The third kappa shape index (κ3) is 7.72. The molecule has 0 amide bonds. The third-order valence-electron chi connectivity index (χ3n) is 10.3. The summed E-state index contributed by atoms with van der Waals surface area (Å²) in [5, 5.41) is 21.4. The smallest absolute Gasteiger partial charge is 0.217 e. The molecule has 0 aliphatic heterocycles. The van der Waals surface area contributed by atoms with Gasteiger partial charge in [-0.1, -0.05) is 126 Å². The number of hydrogen-bond acceptors (Lipinski definition) is 6. The molecule has 0 saturated heterocycles. The summed E-state index contributed by atoms with van der Waals surface area (Å²) in [5.74, 6) is 1.55. The first-order valence-corrected chi connectivity index (χ1v) is 17.9. The van der Waals surface area contributed by atoms with Gasteiger partial charge in [-0.25, -0.2) is 0 Å². The minimum absolute atomic E-state index is 0. The Morgan fingerprint density at radius 1 is 0.918 bits per heavy atom. The Kier molecular flexibility index (Phi) is 12.3. The van der Waals surface area contributed by atoms with E-state index in [1.807, 2.05) is 65.9 Å². The molecule has 6 rings (SSSR count). The summed E-state index contributed by atoms with van der Waals surface area (Å²) in [4.78, 5) is 17.8. The van der Waals surface area contributed by atoms with E-state index in [1.54, 1.807) is 11.3 Å². The molecule has 0 fully saturated rings. The summed E-state index contributed by atoms with van der Waals surface area (Å²) < 4.78 is 3.22. The first-order chi connectivity index (χ1) is 23.0. The van der Waals surface area contributed by atoms with E-state index in [0.717, 1.165) is 68.9 Å². The number of rotatable bonds is 10. The van der Waals surface area contributed by atoms with Crippen LogP contribution in [0.5, 0.6) is 0 Å². The SMILES string of the molecule is CC(C)c1cc(-c2cc3c(cn2)sc2nnc(-c4ccccc4)n23)[c-]c2ccccc12.CCC(C)(CC)C(=O)/C=C(\O)C(C)(CC)CC.[Ir]. The van der Waals surface area contributed by atoms with Crippen LogP contribution in [0.3, 0.4) is 0 Å². The number of pyridine rings is 1. The van der Waals surface area contributed by atoms with Crippen molar-refractivity contribution in [2.45, 2.75) is 87.0 Å². The normalized spacial score (nSPS) is 12.3. The molecule has 0 bridgehead atoms. The first kappa shape index (κ1) is 38.1. The summed E-state index contributed by atoms with van der Waals surface area (Å²) in [6.07, 6.45) is 6.70. The Morgan fingerprint density at radius 2 is 1.55 bits per heavy atom. The molecule has 0 unspecified atom stereocenters. The zero-order valence-corrected chi connectivity index (χ0v) is 33.0. The summed E-state index contributed by atoms with van der Waals surface area (Å²) >= 11 is 1.61. The molecule has 3 aromatic carbocycles. The van der Waals surface area contributed by atoms with Crippen LogP contribution in [-0.2, 0) is 24.9 Å². The maximum Gasteiger partial charge on any atom is 0.217 e. The van der Waals surface area contributed by atoms with Crippen LogP contribution in [0.4, 0.5) is 0 Å². The maximum atomic E-state index is 12.2. The van der Waals surface area contributed by atoms with Crippen molar-refractivity contribution in [1.29, 1.82) is 0 Å². The van der Waals surface area contributed by atoms with Gasteiger partial charge < -0.3 is 5.11 Å². The van der Waals surface area contributed by atoms with Crippen molar-refractivity contribution in [3.05, 3.63) is 96.4 Å². The van der Waals surface area contributed by atoms with Crippen LogP contribution in [0.25, 0.3) is 48.6 Å². The average molecular weight is 852 g/mol. The van der Waals surface area contributed by atoms with Gasteiger partial charge >= 0.3 is 0 Å². The second-order valence-electron chi connectivity index (χ2n) is 13.4. The maximum absolute atomic E-state index is 12.2. The molecule has 1 radical (unpaired) electrons. The second kappa shape index (κ2) is 15.9. The van der Waals surface area contributed by atoms with Gasteiger partial charge in [-0.15, -0.1) is 39.3 Å². The molecule has 6 aromatic rings. The molecule has 0 aliphatic rings. The monoisotopic (exact) mass is 852 g/mol. The number of aliphatic hydroxyl groups excluding tert-OH is 1. The van der Waals surface area contributed by atoms with Crippen LogP contribution >= 0.6 is 11.3 Å². The third-order valence-corrected chi connectivity index (χ3v) is 11.2. The zero-order chi connectivity index (χ0) is 34.6. The summed E-state index contributed by atoms with van der Waals surface area (Å²) in [7, 11) is 0. The van der Waals surface area contributed by atoms with Crippen molar-refractivity contribution in [1.82, 2.24) is 19.6 Å². The van der Waals surface area contributed by atoms with Crippen molar-refractivity contribution >= 4 is 43.1 Å². The minimum Gasteiger partial charge on any atom is -0.512 e. The van der Waals surface area contributed by atoms with Crippen molar-refractivity contribution in [3.63, 3.8) is 0 Å². The van der Waals surface area contributed by atoms with E-state index < -0.39 is 0 Å². The fourth-order valence-corrected chi connectivity index (χ4v) is 6.73. The zero-order valence-electron chi connectivity index (χ0n) is 29.8. The van der Waals surface area contributed by atoms with Crippen molar-refractivity contribution in [2.75, 3.05) is 0 Å². The molecule has 3 aromatic heterocycles. The Bertz CT molecular complexity index is 2070. The van der Waals surface area contributed by atoms with Gasteiger partial charge in [0, 0.05) is 54.5 Å². The van der Waals surface area contributed by atoms with E-state index in [-0.39, 0.29) is 42.5 Å². The Morgan fingerprint density at radius 3 is 2.18 bits per heavy atom. The summed E-state index contributed by atoms with van der Waals surface area (Å²) in [6.45, 7) is 16.5. The number of nitrogens with zero attached hydrogens (tertiary/aromatic N) is 4. The molecule has 3 heterocycles. The number of thiazole rings is 1. The molecule has 49 heavy (non-hydrogen) atoms. The summed E-state index contributed by atoms with van der Waals surface area (Å²) in [5.41, 5.74) is 4.75. The van der Waals surface area contributed by atoms with Crippen LogP contribution in [-0.4, -0.2) is 30.5 Å². The molecule has 0 atom stereocenters. The number of ketones is 1. The first-order valence-electron chi connectivity index (χ1n) is 17.1. The number of hydrogen-bond donors (Lipinski definition) is 1. The van der Waals surface area contributed by atoms with Crippen LogP contribution in [0, 0.1) is 16.9 Å². The van der Waals surface area contributed by atoms with Gasteiger partial charge in [0.2, 0.25) is 4.96 Å². The van der Waals surface area contributed by atoms with Crippen LogP contribution in [0.15, 0.2) is 84.8 Å². The number of aliphatic hydroxyl groups is 1. The van der Waals surface area contributed by atoms with Gasteiger partial charge in [0.15, 0.2) is 11.6 Å². The molecule has 0 saturated carbocycles. The number of aromatic nitrogens is 4. The standard InChI is InChI=1S/C26H19N4S.C15H28O2.Ir/c1-16(2)21-13-19(12-18-10-6-7-11-20(18)21)22-14-23-24(15-27-22)31-26-29-28-25(30(23)26)17-8-4-3-5-9-17;1-7-14(5,8-2)12(16)11-13(17)15(6,9-3)10-4;/h3-11,13-16H,1-2H3;11,16H,7-10H2,1-6H3;/q-1;;/b;12-11-;. The van der Waals surface area contributed by atoms with Crippen molar-refractivity contribution in [3.8, 4) is 22.6 Å². The predicted molar refractivity (Wildman–Crippen MR) is 201 cm³/mol. The molecule has 0 aliphatic carbocycles. The van der Waals surface area contributed by atoms with E-state index >= 15 is 0 Å². The van der Waals surface area contributed by atoms with Gasteiger partial charge in [-0.3, -0.25) is 14.2 Å². The topological polar surface area (TPSA) is 80.4 Å². The molecular formula is C41H47IrN4O2S-. The number of benzene rings is 3. The van der Waals surface area contributed by atoms with Gasteiger partial charge in [0.25, 0.3) is 0 Å². The molecule has 6 nitrogen and oxygen atoms in total. The van der Waals surface area contributed by atoms with Gasteiger partial charge in [-0.2, -0.15) is 0 Å². The molecule has 259 valence electrons. The van der Waals surface area contributed by atoms with Crippen molar-refractivity contribution < 1.29 is 30.0 Å². The van der Waals surface area contributed by atoms with Gasteiger partial charge in [0.1, 0.15) is 5.76 Å². The minimum atomic E-state index is -0.337. The van der Waals surface area contributed by atoms with E-state index in [0.29, 0.717) is 5.92 Å². The van der Waals surface area contributed by atoms with Gasteiger partial charge in [0.05, 0.1) is 10.2 Å². The fraction of sp³-hybridized carbons (Fsp3) is 0.366. The van der Waals surface area contributed by atoms with Crippen molar-refractivity contribution in [2.24, 2.45) is 10.8 Å². The average Bonchev–Trinajstić information content (AvgIpc) is 3.70. The molecular weight excluding hydrogens is 805 g/mol. The van der Waals surface area contributed by atoms with E-state index in [1.165, 1.54) is 17.0 Å². The number of carbonyl (C=O) groups excluding carboxylic acids is 1. The quantitative estimate of drug-likeness (QED) is 0.0843. The molecule has 0 spiro atoms. The fourth-order valence-electron chi connectivity index (χ4n) is 5.82.